The third kappa shape index (κ3) is 4.20. The van der Waals surface area contributed by atoms with Crippen LogP contribution in [0.3, 0.4) is 0 Å². The number of aryl methyl sites for hydroxylation is 1. The molecule has 0 aliphatic carbocycles. The van der Waals surface area contributed by atoms with E-state index in [-0.39, 0.29) is 11.3 Å². The van der Waals surface area contributed by atoms with Gasteiger partial charge in [0.05, 0.1) is 16.7 Å². The first kappa shape index (κ1) is 15.8. The maximum Gasteiger partial charge on any atom is 0.337 e. The molecule has 0 saturated carbocycles. The summed E-state index contributed by atoms with van der Waals surface area (Å²) in [5.41, 5.74) is 1.42. The van der Waals surface area contributed by atoms with Crippen molar-refractivity contribution in [3.8, 4) is 0 Å². The van der Waals surface area contributed by atoms with Crippen molar-refractivity contribution in [1.82, 2.24) is 0 Å². The molecule has 2 N–H and O–H groups in total. The van der Waals surface area contributed by atoms with Crippen LogP contribution in [0.5, 0.6) is 0 Å². The number of sulfonamides is 1. The van der Waals surface area contributed by atoms with Crippen LogP contribution in [0.1, 0.15) is 21.5 Å². The van der Waals surface area contributed by atoms with E-state index in [1.54, 1.807) is 37.3 Å². The normalized spacial score (nSPS) is 11.5. The van der Waals surface area contributed by atoms with Crippen molar-refractivity contribution < 1.29 is 18.3 Å². The second-order valence-electron chi connectivity index (χ2n) is 4.71. The van der Waals surface area contributed by atoms with Crippen LogP contribution in [-0.4, -0.2) is 19.5 Å². The van der Waals surface area contributed by atoms with Gasteiger partial charge in [-0.1, -0.05) is 42.0 Å². The minimum Gasteiger partial charge on any atom is -0.478 e. The molecule has 2 aromatic carbocycles. The minimum atomic E-state index is -3.80. The van der Waals surface area contributed by atoms with Crippen LogP contribution in [-0.2, 0) is 10.0 Å². The fourth-order valence-electron chi connectivity index (χ4n) is 1.84. The lowest BCUT2D eigenvalue weighted by atomic mass is 10.1. The predicted octanol–water partition coefficient (Wildman–Crippen LogP) is 3.11. The van der Waals surface area contributed by atoms with Crippen LogP contribution < -0.4 is 4.72 Å². The quantitative estimate of drug-likeness (QED) is 0.887. The zero-order chi connectivity index (χ0) is 16.2. The number of hydrogen-bond donors (Lipinski definition) is 2. The molecule has 0 aliphatic heterocycles. The maximum atomic E-state index is 12.0. The highest BCUT2D eigenvalue weighted by atomic mass is 32.2. The van der Waals surface area contributed by atoms with Gasteiger partial charge in [-0.15, -0.1) is 0 Å². The van der Waals surface area contributed by atoms with Crippen LogP contribution in [0.15, 0.2) is 53.9 Å². The highest BCUT2D eigenvalue weighted by Gasteiger charge is 2.14. The Balaban J connectivity index is 2.26. The van der Waals surface area contributed by atoms with Gasteiger partial charge in [0.15, 0.2) is 0 Å². The van der Waals surface area contributed by atoms with Crippen LogP contribution in [0.25, 0.3) is 6.08 Å². The molecule has 0 atom stereocenters. The molecule has 0 aromatic heterocycles. The highest BCUT2D eigenvalue weighted by Crippen LogP contribution is 2.19. The Labute approximate surface area is 129 Å². The summed E-state index contributed by atoms with van der Waals surface area (Å²) >= 11 is 0. The Morgan fingerprint density at radius 1 is 1.14 bits per heavy atom. The van der Waals surface area contributed by atoms with Gasteiger partial charge in [-0.25, -0.2) is 13.2 Å². The predicted molar refractivity (Wildman–Crippen MR) is 86.2 cm³/mol. The first-order chi connectivity index (χ1) is 10.4. The van der Waals surface area contributed by atoms with Crippen LogP contribution in [0.4, 0.5) is 5.69 Å². The molecular formula is C16H15NO4S. The molecule has 2 aromatic rings. The molecule has 6 heteroatoms. The summed E-state index contributed by atoms with van der Waals surface area (Å²) in [6.45, 7) is 1.74. The van der Waals surface area contributed by atoms with Crippen molar-refractivity contribution in [1.29, 1.82) is 0 Å². The summed E-state index contributed by atoms with van der Waals surface area (Å²) in [5.74, 6) is -1.19. The molecule has 0 bridgehead atoms. The molecule has 2 rings (SSSR count). The average Bonchev–Trinajstić information content (AvgIpc) is 2.48. The smallest absolute Gasteiger partial charge is 0.337 e. The van der Waals surface area contributed by atoms with Crippen molar-refractivity contribution in [3.63, 3.8) is 0 Å². The summed E-state index contributed by atoms with van der Waals surface area (Å²) in [7, 11) is -3.80. The van der Waals surface area contributed by atoms with Crippen molar-refractivity contribution in [2.75, 3.05) is 4.72 Å². The molecule has 0 radical (unpaired) electrons. The minimum absolute atomic E-state index is 0.0378. The summed E-state index contributed by atoms with van der Waals surface area (Å²) in [4.78, 5) is 11.2. The van der Waals surface area contributed by atoms with E-state index in [9.17, 15) is 13.2 Å². The SMILES string of the molecule is Cc1ccc(NS(=O)(=O)C=Cc2ccccc2)c(C(=O)O)c1. The fourth-order valence-corrected chi connectivity index (χ4v) is 2.73. The Kier molecular flexibility index (Phi) is 4.62. The van der Waals surface area contributed by atoms with Gasteiger partial charge >= 0.3 is 5.97 Å². The molecule has 0 unspecified atom stereocenters. The number of carbonyl (C=O) groups is 1. The Morgan fingerprint density at radius 2 is 1.82 bits per heavy atom. The highest BCUT2D eigenvalue weighted by molar-refractivity contribution is 7.95. The Morgan fingerprint density at radius 3 is 2.45 bits per heavy atom. The molecule has 0 heterocycles. The molecule has 22 heavy (non-hydrogen) atoms. The van der Waals surface area contributed by atoms with Crippen molar-refractivity contribution >= 4 is 27.8 Å². The van der Waals surface area contributed by atoms with E-state index in [0.29, 0.717) is 0 Å². The third-order valence-electron chi connectivity index (χ3n) is 2.90. The number of anilines is 1. The summed E-state index contributed by atoms with van der Waals surface area (Å²) in [6.07, 6.45) is 1.44. The number of hydrogen-bond acceptors (Lipinski definition) is 3. The van der Waals surface area contributed by atoms with Gasteiger partial charge in [0, 0.05) is 0 Å². The van der Waals surface area contributed by atoms with Gasteiger partial charge in [-0.3, -0.25) is 4.72 Å². The summed E-state index contributed by atoms with van der Waals surface area (Å²) in [5, 5.41) is 10.1. The maximum absolute atomic E-state index is 12.0. The summed E-state index contributed by atoms with van der Waals surface area (Å²) in [6, 6.07) is 13.4. The first-order valence-corrected chi connectivity index (χ1v) is 8.02. The lowest BCUT2D eigenvalue weighted by Crippen LogP contribution is -2.12. The lowest BCUT2D eigenvalue weighted by molar-refractivity contribution is 0.0698. The van der Waals surface area contributed by atoms with E-state index >= 15 is 0 Å². The van der Waals surface area contributed by atoms with Gasteiger partial charge in [0.1, 0.15) is 0 Å². The molecule has 0 amide bonds. The molecule has 114 valence electrons. The summed E-state index contributed by atoms with van der Waals surface area (Å²) < 4.78 is 26.4. The Hall–Kier alpha value is -2.60. The molecule has 5 nitrogen and oxygen atoms in total. The second-order valence-corrected chi connectivity index (χ2v) is 6.28. The monoisotopic (exact) mass is 317 g/mol. The molecule has 0 aliphatic rings. The zero-order valence-corrected chi connectivity index (χ0v) is 12.7. The Bertz CT molecular complexity index is 811. The fraction of sp³-hybridized carbons (Fsp3) is 0.0625. The molecule has 0 saturated heterocycles. The van der Waals surface area contributed by atoms with Crippen molar-refractivity contribution in [3.05, 3.63) is 70.6 Å². The number of rotatable bonds is 5. The second kappa shape index (κ2) is 6.44. The largest absolute Gasteiger partial charge is 0.478 e. The van der Waals surface area contributed by atoms with Crippen LogP contribution in [0, 0.1) is 6.92 Å². The number of nitrogens with one attached hydrogen (secondary N) is 1. The van der Waals surface area contributed by atoms with Crippen LogP contribution in [0.2, 0.25) is 0 Å². The zero-order valence-electron chi connectivity index (χ0n) is 11.9. The van der Waals surface area contributed by atoms with Gasteiger partial charge < -0.3 is 5.11 Å². The van der Waals surface area contributed by atoms with Gasteiger partial charge in [0.2, 0.25) is 0 Å². The molecule has 0 fully saturated rings. The number of aromatic carboxylic acids is 1. The molecule has 0 spiro atoms. The van der Waals surface area contributed by atoms with E-state index in [1.807, 2.05) is 6.07 Å². The number of benzene rings is 2. The van der Waals surface area contributed by atoms with Crippen LogP contribution >= 0.6 is 0 Å². The lowest BCUT2D eigenvalue weighted by Gasteiger charge is -2.08. The van der Waals surface area contributed by atoms with E-state index in [1.165, 1.54) is 18.2 Å². The third-order valence-corrected chi connectivity index (χ3v) is 3.90. The van der Waals surface area contributed by atoms with E-state index in [4.69, 9.17) is 5.11 Å². The van der Waals surface area contributed by atoms with Gasteiger partial charge in [-0.05, 0) is 30.7 Å². The van der Waals surface area contributed by atoms with Crippen molar-refractivity contribution in [2.24, 2.45) is 0 Å². The number of carboxylic acid groups (broad SMARTS) is 1. The van der Waals surface area contributed by atoms with Crippen molar-refractivity contribution in [2.45, 2.75) is 6.92 Å². The van der Waals surface area contributed by atoms with E-state index in [0.717, 1.165) is 16.5 Å². The van der Waals surface area contributed by atoms with Gasteiger partial charge in [0.25, 0.3) is 10.0 Å². The topological polar surface area (TPSA) is 83.5 Å². The van der Waals surface area contributed by atoms with E-state index in [2.05, 4.69) is 4.72 Å². The molecular weight excluding hydrogens is 302 g/mol. The first-order valence-electron chi connectivity index (χ1n) is 6.47. The van der Waals surface area contributed by atoms with E-state index < -0.39 is 16.0 Å². The average molecular weight is 317 g/mol. The standard InChI is InChI=1S/C16H15NO4S/c1-12-7-8-15(14(11-12)16(18)19)17-22(20,21)10-9-13-5-3-2-4-6-13/h2-11,17H,1H3,(H,18,19). The van der Waals surface area contributed by atoms with Gasteiger partial charge in [-0.2, -0.15) is 0 Å². The number of carboxylic acids is 1.